The number of nitrogens with zero attached hydrogens (tertiary/aromatic N) is 2. The summed E-state index contributed by atoms with van der Waals surface area (Å²) in [5, 5.41) is 9.67. The highest BCUT2D eigenvalue weighted by atomic mass is 19.2. The van der Waals surface area contributed by atoms with Crippen molar-refractivity contribution < 1.29 is 27.5 Å². The first kappa shape index (κ1) is 19.2. The van der Waals surface area contributed by atoms with Crippen LogP contribution in [0.25, 0.3) is 11.1 Å². The summed E-state index contributed by atoms with van der Waals surface area (Å²) in [6.07, 6.45) is 0.408. The second-order valence-electron chi connectivity index (χ2n) is 6.58. The maximum Gasteiger partial charge on any atom is 0.411 e. The van der Waals surface area contributed by atoms with Crippen LogP contribution in [0.1, 0.15) is 12.8 Å². The number of rotatable bonds is 4. The molecule has 1 atom stereocenters. The minimum Gasteiger partial charge on any atom is -0.465 e. The zero-order valence-corrected chi connectivity index (χ0v) is 14.6. The predicted octanol–water partition coefficient (Wildman–Crippen LogP) is 4.49. The lowest BCUT2D eigenvalue weighted by molar-refractivity contribution is 0.198. The molecular formula is C19H18F4N2O2. The molecule has 1 aliphatic heterocycles. The number of anilines is 1. The Morgan fingerprint density at radius 1 is 1.11 bits per heavy atom. The molecule has 1 heterocycles. The molecule has 3 rings (SSSR count). The van der Waals surface area contributed by atoms with Crippen molar-refractivity contribution in [3.05, 3.63) is 53.6 Å². The third kappa shape index (κ3) is 3.90. The van der Waals surface area contributed by atoms with E-state index >= 15 is 0 Å². The van der Waals surface area contributed by atoms with Crippen LogP contribution in [0.2, 0.25) is 0 Å². The zero-order valence-electron chi connectivity index (χ0n) is 14.6. The molecule has 2 aromatic carbocycles. The number of amides is 1. The molecule has 0 aromatic heterocycles. The molecule has 1 N–H and O–H groups in total. The summed E-state index contributed by atoms with van der Waals surface area (Å²) < 4.78 is 55.0. The molecule has 1 unspecified atom stereocenters. The molecule has 2 aromatic rings. The van der Waals surface area contributed by atoms with Gasteiger partial charge in [-0.3, -0.25) is 4.90 Å². The van der Waals surface area contributed by atoms with E-state index in [2.05, 4.69) is 0 Å². The van der Waals surface area contributed by atoms with Crippen molar-refractivity contribution in [1.82, 2.24) is 4.90 Å². The van der Waals surface area contributed by atoms with Gasteiger partial charge in [-0.2, -0.15) is 0 Å². The molecule has 1 saturated heterocycles. The van der Waals surface area contributed by atoms with Crippen molar-refractivity contribution in [3.63, 3.8) is 0 Å². The Morgan fingerprint density at radius 3 is 2.44 bits per heavy atom. The van der Waals surface area contributed by atoms with E-state index < -0.39 is 34.9 Å². The van der Waals surface area contributed by atoms with Crippen molar-refractivity contribution in [3.8, 4) is 11.1 Å². The normalized spacial score (nSPS) is 17.3. The van der Waals surface area contributed by atoms with E-state index in [0.29, 0.717) is 12.1 Å². The largest absolute Gasteiger partial charge is 0.465 e. The van der Waals surface area contributed by atoms with E-state index in [9.17, 15) is 27.5 Å². The fourth-order valence-corrected chi connectivity index (χ4v) is 3.39. The third-order valence-corrected chi connectivity index (χ3v) is 4.85. The fraction of sp³-hybridized carbons (Fsp3) is 0.316. The van der Waals surface area contributed by atoms with Crippen LogP contribution in [0.3, 0.4) is 0 Å². The average Bonchev–Trinajstić information content (AvgIpc) is 3.01. The highest BCUT2D eigenvalue weighted by molar-refractivity contribution is 5.93. The molecule has 1 amide bonds. The standard InChI is InChI=1S/C19H18F4N2O2/c1-24-6-2-3-12(24)10-25(19(26)27)18-5-4-11(20)7-14(18)13-8-16(22)17(23)9-15(13)21/h4-5,7-9,12H,2-3,6,10H2,1H3,(H,26,27). The molecule has 8 heteroatoms. The van der Waals surface area contributed by atoms with Crippen molar-refractivity contribution >= 4 is 11.8 Å². The molecule has 0 spiro atoms. The predicted molar refractivity (Wildman–Crippen MR) is 92.7 cm³/mol. The highest BCUT2D eigenvalue weighted by Crippen LogP contribution is 2.35. The molecule has 0 radical (unpaired) electrons. The summed E-state index contributed by atoms with van der Waals surface area (Å²) in [5.74, 6) is -4.54. The number of hydrogen-bond donors (Lipinski definition) is 1. The van der Waals surface area contributed by atoms with Crippen molar-refractivity contribution in [2.75, 3.05) is 25.0 Å². The Kier molecular flexibility index (Phi) is 5.36. The first-order chi connectivity index (χ1) is 12.8. The number of likely N-dealkylation sites (N-methyl/N-ethyl adjacent to an activating group) is 1. The highest BCUT2D eigenvalue weighted by Gasteiger charge is 2.28. The summed E-state index contributed by atoms with van der Waals surface area (Å²) in [6.45, 7) is 0.919. The van der Waals surface area contributed by atoms with Crippen LogP contribution < -0.4 is 4.90 Å². The molecule has 1 fully saturated rings. The summed E-state index contributed by atoms with van der Waals surface area (Å²) in [6, 6.07) is 4.08. The van der Waals surface area contributed by atoms with Gasteiger partial charge in [0.2, 0.25) is 0 Å². The maximum atomic E-state index is 14.3. The van der Waals surface area contributed by atoms with Gasteiger partial charge in [-0.25, -0.2) is 22.4 Å². The number of carboxylic acid groups (broad SMARTS) is 1. The summed E-state index contributed by atoms with van der Waals surface area (Å²) in [7, 11) is 1.87. The van der Waals surface area contributed by atoms with Gasteiger partial charge in [0.25, 0.3) is 0 Å². The average molecular weight is 382 g/mol. The second kappa shape index (κ2) is 7.56. The summed E-state index contributed by atoms with van der Waals surface area (Å²) in [4.78, 5) is 14.9. The van der Waals surface area contributed by atoms with Gasteiger partial charge in [-0.15, -0.1) is 0 Å². The van der Waals surface area contributed by atoms with Crippen LogP contribution in [0.4, 0.5) is 28.0 Å². The van der Waals surface area contributed by atoms with Crippen LogP contribution in [-0.2, 0) is 0 Å². The van der Waals surface area contributed by atoms with E-state index in [1.54, 1.807) is 0 Å². The Morgan fingerprint density at radius 2 is 1.81 bits per heavy atom. The van der Waals surface area contributed by atoms with Crippen molar-refractivity contribution in [1.29, 1.82) is 0 Å². The summed E-state index contributed by atoms with van der Waals surface area (Å²) in [5.41, 5.74) is -0.557. The van der Waals surface area contributed by atoms with Gasteiger partial charge in [-0.05, 0) is 50.7 Å². The number of benzene rings is 2. The minimum atomic E-state index is -1.38. The monoisotopic (exact) mass is 382 g/mol. The molecule has 144 valence electrons. The van der Waals surface area contributed by atoms with Gasteiger partial charge >= 0.3 is 6.09 Å². The van der Waals surface area contributed by atoms with Gasteiger partial charge in [0.15, 0.2) is 11.6 Å². The van der Waals surface area contributed by atoms with Crippen molar-refractivity contribution in [2.24, 2.45) is 0 Å². The fourth-order valence-electron chi connectivity index (χ4n) is 3.39. The lowest BCUT2D eigenvalue weighted by Crippen LogP contribution is -2.41. The summed E-state index contributed by atoms with van der Waals surface area (Å²) >= 11 is 0. The lowest BCUT2D eigenvalue weighted by atomic mass is 10.0. The van der Waals surface area contributed by atoms with Gasteiger partial charge in [0.1, 0.15) is 11.6 Å². The first-order valence-electron chi connectivity index (χ1n) is 8.43. The van der Waals surface area contributed by atoms with Gasteiger partial charge in [0, 0.05) is 29.8 Å². The van der Waals surface area contributed by atoms with Crippen LogP contribution in [0.5, 0.6) is 0 Å². The van der Waals surface area contributed by atoms with E-state index in [0.717, 1.165) is 36.4 Å². The molecule has 27 heavy (non-hydrogen) atoms. The van der Waals surface area contributed by atoms with E-state index in [1.165, 1.54) is 6.07 Å². The minimum absolute atomic E-state index is 0.00843. The van der Waals surface area contributed by atoms with Gasteiger partial charge < -0.3 is 10.0 Å². The molecule has 0 bridgehead atoms. The molecule has 0 saturated carbocycles. The second-order valence-corrected chi connectivity index (χ2v) is 6.58. The van der Waals surface area contributed by atoms with Gasteiger partial charge in [-0.1, -0.05) is 0 Å². The van der Waals surface area contributed by atoms with Crippen LogP contribution in [-0.4, -0.2) is 42.3 Å². The quantitative estimate of drug-likeness (QED) is 0.626. The van der Waals surface area contributed by atoms with E-state index in [4.69, 9.17) is 0 Å². The lowest BCUT2D eigenvalue weighted by Gasteiger charge is -2.28. The van der Waals surface area contributed by atoms with E-state index in [1.807, 2.05) is 11.9 Å². The maximum absolute atomic E-state index is 14.3. The van der Waals surface area contributed by atoms with Crippen LogP contribution in [0, 0.1) is 23.3 Å². The third-order valence-electron chi connectivity index (χ3n) is 4.85. The van der Waals surface area contributed by atoms with Gasteiger partial charge in [0.05, 0.1) is 5.69 Å². The number of hydrogen-bond acceptors (Lipinski definition) is 2. The molecule has 1 aliphatic rings. The molecular weight excluding hydrogens is 364 g/mol. The number of likely N-dealkylation sites (tertiary alicyclic amines) is 1. The SMILES string of the molecule is CN1CCCC1CN(C(=O)O)c1ccc(F)cc1-c1cc(F)c(F)cc1F. The number of halogens is 4. The zero-order chi connectivity index (χ0) is 19.7. The Bertz CT molecular complexity index is 875. The van der Waals surface area contributed by atoms with Crippen molar-refractivity contribution in [2.45, 2.75) is 18.9 Å². The number of carbonyl (C=O) groups is 1. The Hall–Kier alpha value is -2.61. The molecule has 4 nitrogen and oxygen atoms in total. The smallest absolute Gasteiger partial charge is 0.411 e. The topological polar surface area (TPSA) is 43.8 Å². The Balaban J connectivity index is 2.09. The molecule has 0 aliphatic carbocycles. The van der Waals surface area contributed by atoms with Crippen LogP contribution in [0.15, 0.2) is 30.3 Å². The van der Waals surface area contributed by atoms with Crippen LogP contribution >= 0.6 is 0 Å². The Labute approximate surface area is 153 Å². The first-order valence-corrected chi connectivity index (χ1v) is 8.43. The van der Waals surface area contributed by atoms with E-state index in [-0.39, 0.29) is 23.8 Å².